The van der Waals surface area contributed by atoms with Gasteiger partial charge in [-0.1, -0.05) is 37.3 Å². The second-order valence-corrected chi connectivity index (χ2v) is 3.60. The summed E-state index contributed by atoms with van der Waals surface area (Å²) >= 11 is 0. The first-order chi connectivity index (χ1) is 7.25. The summed E-state index contributed by atoms with van der Waals surface area (Å²) < 4.78 is 0. The topological polar surface area (TPSA) is 17.1 Å². The van der Waals surface area contributed by atoms with Crippen molar-refractivity contribution in [3.8, 4) is 11.8 Å². The van der Waals surface area contributed by atoms with Gasteiger partial charge in [-0.3, -0.25) is 4.79 Å². The maximum absolute atomic E-state index is 11.9. The Kier molecular flexibility index (Phi) is 4.63. The highest BCUT2D eigenvalue weighted by molar-refractivity contribution is 5.97. The first-order valence-electron chi connectivity index (χ1n) is 5.24. The molecule has 0 heterocycles. The fraction of sp³-hybridized carbons (Fsp3) is 0.357. The normalized spacial score (nSPS) is 11.3. The summed E-state index contributed by atoms with van der Waals surface area (Å²) in [5.74, 6) is 6.10. The molecule has 1 aromatic rings. The van der Waals surface area contributed by atoms with Crippen LogP contribution < -0.4 is 0 Å². The van der Waals surface area contributed by atoms with Crippen LogP contribution in [-0.2, 0) is 0 Å². The van der Waals surface area contributed by atoms with E-state index in [0.29, 0.717) is 0 Å². The minimum absolute atomic E-state index is 0.0632. The van der Waals surface area contributed by atoms with Crippen molar-refractivity contribution < 1.29 is 4.79 Å². The van der Waals surface area contributed by atoms with Crippen LogP contribution in [0.3, 0.4) is 0 Å². The molecule has 1 unspecified atom stereocenters. The van der Waals surface area contributed by atoms with Gasteiger partial charge in [0.25, 0.3) is 0 Å². The molecule has 0 spiro atoms. The van der Waals surface area contributed by atoms with Crippen LogP contribution in [0.2, 0.25) is 0 Å². The summed E-state index contributed by atoms with van der Waals surface area (Å²) in [7, 11) is 0. The highest BCUT2D eigenvalue weighted by atomic mass is 16.1. The first-order valence-corrected chi connectivity index (χ1v) is 5.24. The van der Waals surface area contributed by atoms with Gasteiger partial charge in [-0.2, -0.15) is 0 Å². The summed E-state index contributed by atoms with van der Waals surface area (Å²) in [6.45, 7) is 3.79. The molecule has 0 aromatic heterocycles. The van der Waals surface area contributed by atoms with Crippen LogP contribution in [0.1, 0.15) is 37.0 Å². The lowest BCUT2D eigenvalue weighted by molar-refractivity contribution is 0.0925. The lowest BCUT2D eigenvalue weighted by atomic mass is 9.95. The number of hydrogen-bond donors (Lipinski definition) is 0. The lowest BCUT2D eigenvalue weighted by Gasteiger charge is -2.07. The molecule has 1 nitrogen and oxygen atoms in total. The zero-order valence-electron chi connectivity index (χ0n) is 9.29. The number of carbonyl (C=O) groups excluding carboxylic acids is 1. The summed E-state index contributed by atoms with van der Waals surface area (Å²) in [6.07, 6.45) is 1.64. The molecule has 0 aliphatic heterocycles. The molecule has 1 rings (SSSR count). The summed E-state index contributed by atoms with van der Waals surface area (Å²) in [5, 5.41) is 0. The Labute approximate surface area is 91.5 Å². The quantitative estimate of drug-likeness (QED) is 0.538. The maximum Gasteiger partial charge on any atom is 0.165 e. The van der Waals surface area contributed by atoms with E-state index in [9.17, 15) is 4.79 Å². The summed E-state index contributed by atoms with van der Waals surface area (Å²) in [4.78, 5) is 11.9. The van der Waals surface area contributed by atoms with Gasteiger partial charge in [-0.25, -0.2) is 0 Å². The van der Waals surface area contributed by atoms with E-state index >= 15 is 0 Å². The van der Waals surface area contributed by atoms with Crippen LogP contribution in [0.25, 0.3) is 0 Å². The number of hydrogen-bond acceptors (Lipinski definition) is 1. The molecule has 0 aliphatic carbocycles. The van der Waals surface area contributed by atoms with E-state index in [1.807, 2.05) is 44.2 Å². The molecule has 0 bridgehead atoms. The minimum Gasteiger partial charge on any atom is -0.294 e. The van der Waals surface area contributed by atoms with Crippen molar-refractivity contribution in [1.29, 1.82) is 0 Å². The number of benzene rings is 1. The average molecular weight is 200 g/mol. The molecular formula is C14H16O. The van der Waals surface area contributed by atoms with E-state index in [0.717, 1.165) is 18.4 Å². The standard InChI is InChI=1S/C14H16O/c1-3-4-6-9-12(2)14(15)13-10-7-5-8-11-13/h5,7-8,10-12H,6,9H2,1-2H3. The molecule has 0 aliphatic rings. The van der Waals surface area contributed by atoms with E-state index in [1.165, 1.54) is 0 Å². The Morgan fingerprint density at radius 1 is 1.33 bits per heavy atom. The van der Waals surface area contributed by atoms with E-state index in [2.05, 4.69) is 11.8 Å². The van der Waals surface area contributed by atoms with Crippen LogP contribution in [0.4, 0.5) is 0 Å². The minimum atomic E-state index is 0.0632. The fourth-order valence-electron chi connectivity index (χ4n) is 1.43. The molecule has 15 heavy (non-hydrogen) atoms. The van der Waals surface area contributed by atoms with Crippen molar-refractivity contribution in [2.75, 3.05) is 0 Å². The summed E-state index contributed by atoms with van der Waals surface area (Å²) in [6, 6.07) is 9.44. The van der Waals surface area contributed by atoms with E-state index < -0.39 is 0 Å². The highest BCUT2D eigenvalue weighted by Crippen LogP contribution is 2.13. The number of rotatable bonds is 4. The van der Waals surface area contributed by atoms with Gasteiger partial charge in [-0.15, -0.1) is 11.8 Å². The molecular weight excluding hydrogens is 184 g/mol. The van der Waals surface area contributed by atoms with Crippen LogP contribution in [0.5, 0.6) is 0 Å². The Morgan fingerprint density at radius 3 is 2.60 bits per heavy atom. The van der Waals surface area contributed by atoms with Gasteiger partial charge in [0.05, 0.1) is 0 Å². The van der Waals surface area contributed by atoms with Gasteiger partial charge in [0.15, 0.2) is 5.78 Å². The zero-order valence-corrected chi connectivity index (χ0v) is 9.29. The third-order valence-electron chi connectivity index (χ3n) is 2.39. The Bertz CT molecular complexity index is 367. The molecule has 0 radical (unpaired) electrons. The third kappa shape index (κ3) is 3.59. The van der Waals surface area contributed by atoms with Crippen LogP contribution in [0.15, 0.2) is 30.3 Å². The molecule has 1 atom stereocenters. The van der Waals surface area contributed by atoms with Crippen molar-refractivity contribution in [1.82, 2.24) is 0 Å². The van der Waals surface area contributed by atoms with Crippen molar-refractivity contribution >= 4 is 5.78 Å². The van der Waals surface area contributed by atoms with Gasteiger partial charge >= 0.3 is 0 Å². The van der Waals surface area contributed by atoms with Gasteiger partial charge in [0, 0.05) is 17.9 Å². The monoisotopic (exact) mass is 200 g/mol. The lowest BCUT2D eigenvalue weighted by Crippen LogP contribution is -2.10. The Morgan fingerprint density at radius 2 is 2.00 bits per heavy atom. The average Bonchev–Trinajstić information content (AvgIpc) is 2.29. The Balaban J connectivity index is 2.56. The highest BCUT2D eigenvalue weighted by Gasteiger charge is 2.13. The molecule has 0 saturated carbocycles. The van der Waals surface area contributed by atoms with Gasteiger partial charge in [0.1, 0.15) is 0 Å². The molecule has 0 fully saturated rings. The molecule has 78 valence electrons. The van der Waals surface area contributed by atoms with Crippen molar-refractivity contribution in [3.05, 3.63) is 35.9 Å². The van der Waals surface area contributed by atoms with Gasteiger partial charge in [-0.05, 0) is 13.3 Å². The zero-order chi connectivity index (χ0) is 11.1. The van der Waals surface area contributed by atoms with Crippen molar-refractivity contribution in [2.24, 2.45) is 5.92 Å². The fourth-order valence-corrected chi connectivity index (χ4v) is 1.43. The number of ketones is 1. The second kappa shape index (κ2) is 6.03. The maximum atomic E-state index is 11.9. The number of carbonyl (C=O) groups is 1. The van der Waals surface area contributed by atoms with E-state index in [4.69, 9.17) is 0 Å². The molecule has 0 saturated heterocycles. The van der Waals surface area contributed by atoms with E-state index in [1.54, 1.807) is 0 Å². The first kappa shape index (κ1) is 11.5. The smallest absolute Gasteiger partial charge is 0.165 e. The number of Topliss-reactive ketones (excluding diaryl/α,β-unsaturated/α-hetero) is 1. The molecule has 0 N–H and O–H groups in total. The SMILES string of the molecule is CC#CCCC(C)C(=O)c1ccccc1. The van der Waals surface area contributed by atoms with Crippen LogP contribution in [0, 0.1) is 17.8 Å². The van der Waals surface area contributed by atoms with Crippen molar-refractivity contribution in [2.45, 2.75) is 26.7 Å². The molecule has 1 aromatic carbocycles. The largest absolute Gasteiger partial charge is 0.294 e. The third-order valence-corrected chi connectivity index (χ3v) is 2.39. The van der Waals surface area contributed by atoms with Crippen LogP contribution in [-0.4, -0.2) is 5.78 Å². The summed E-state index contributed by atoms with van der Waals surface area (Å²) in [5.41, 5.74) is 0.800. The van der Waals surface area contributed by atoms with Crippen molar-refractivity contribution in [3.63, 3.8) is 0 Å². The predicted molar refractivity (Wildman–Crippen MR) is 62.6 cm³/mol. The van der Waals surface area contributed by atoms with Crippen LogP contribution >= 0.6 is 0 Å². The Hall–Kier alpha value is -1.55. The van der Waals surface area contributed by atoms with Gasteiger partial charge in [0.2, 0.25) is 0 Å². The molecule has 1 heteroatoms. The second-order valence-electron chi connectivity index (χ2n) is 3.60. The van der Waals surface area contributed by atoms with Gasteiger partial charge < -0.3 is 0 Å². The van der Waals surface area contributed by atoms with E-state index in [-0.39, 0.29) is 11.7 Å². The molecule has 0 amide bonds. The predicted octanol–water partition coefficient (Wildman–Crippen LogP) is 3.31.